The molecule has 1 aromatic heterocycles. The van der Waals surface area contributed by atoms with Crippen LogP contribution in [0.5, 0.6) is 0 Å². The fraction of sp³-hybridized carbons (Fsp3) is 0.600. The summed E-state index contributed by atoms with van der Waals surface area (Å²) in [7, 11) is 0. The maximum Gasteiger partial charge on any atom is 0.317 e. The van der Waals surface area contributed by atoms with Gasteiger partial charge in [-0.3, -0.25) is 4.79 Å². The van der Waals surface area contributed by atoms with E-state index < -0.39 is 11.4 Å². The molecule has 2 amide bonds. The zero-order valence-corrected chi connectivity index (χ0v) is 12.1. The van der Waals surface area contributed by atoms with E-state index in [2.05, 4.69) is 5.32 Å². The Kier molecular flexibility index (Phi) is 3.39. The van der Waals surface area contributed by atoms with Gasteiger partial charge in [0.25, 0.3) is 0 Å². The smallest absolute Gasteiger partial charge is 0.317 e. The third-order valence-corrected chi connectivity index (χ3v) is 4.95. The molecule has 2 aliphatic rings. The summed E-state index contributed by atoms with van der Waals surface area (Å²) in [4.78, 5) is 25.5. The lowest BCUT2D eigenvalue weighted by atomic mass is 9.81. The van der Waals surface area contributed by atoms with Gasteiger partial charge in [-0.15, -0.1) is 0 Å². The fourth-order valence-electron chi connectivity index (χ4n) is 3.65. The standard InChI is InChI=1S/C15H20N2O4/c1-10-4-6-21-12(10)7-16-14(20)17-8-11-3-2-5-15(11,9-17)13(18)19/h4,6,11H,2-3,5,7-9H2,1H3,(H,16,20)(H,18,19)/t11-,15+/m0/s1. The molecular weight excluding hydrogens is 272 g/mol. The molecule has 1 aromatic rings. The number of hydrogen-bond donors (Lipinski definition) is 2. The first kappa shape index (κ1) is 14.0. The van der Waals surface area contributed by atoms with Crippen molar-refractivity contribution in [3.63, 3.8) is 0 Å². The molecule has 3 rings (SSSR count). The van der Waals surface area contributed by atoms with E-state index in [4.69, 9.17) is 4.42 Å². The molecule has 0 unspecified atom stereocenters. The SMILES string of the molecule is Cc1ccoc1CNC(=O)N1C[C@@H]2CCC[C@@]2(C(=O)O)C1. The van der Waals surface area contributed by atoms with Crippen LogP contribution in [0.2, 0.25) is 0 Å². The summed E-state index contributed by atoms with van der Waals surface area (Å²) < 4.78 is 5.28. The minimum Gasteiger partial charge on any atom is -0.481 e. The van der Waals surface area contributed by atoms with Crippen LogP contribution < -0.4 is 5.32 Å². The van der Waals surface area contributed by atoms with Crippen molar-refractivity contribution in [3.05, 3.63) is 23.7 Å². The summed E-state index contributed by atoms with van der Waals surface area (Å²) in [6, 6.07) is 1.64. The molecule has 2 fully saturated rings. The van der Waals surface area contributed by atoms with Gasteiger partial charge in [0.15, 0.2) is 0 Å². The maximum absolute atomic E-state index is 12.2. The summed E-state index contributed by atoms with van der Waals surface area (Å²) in [5, 5.41) is 12.3. The van der Waals surface area contributed by atoms with Crippen molar-refractivity contribution in [1.29, 1.82) is 0 Å². The Bertz CT molecular complexity index is 568. The summed E-state index contributed by atoms with van der Waals surface area (Å²) in [5.41, 5.74) is 0.272. The second-order valence-corrected chi connectivity index (χ2v) is 6.12. The lowest BCUT2D eigenvalue weighted by Crippen LogP contribution is -2.41. The molecule has 0 bridgehead atoms. The van der Waals surface area contributed by atoms with E-state index in [-0.39, 0.29) is 11.9 Å². The van der Waals surface area contributed by atoms with Crippen molar-refractivity contribution in [2.24, 2.45) is 11.3 Å². The fourth-order valence-corrected chi connectivity index (χ4v) is 3.65. The average Bonchev–Trinajstić information content (AvgIpc) is 3.09. The Hall–Kier alpha value is -1.98. The number of nitrogens with one attached hydrogen (secondary N) is 1. The molecular formula is C15H20N2O4. The van der Waals surface area contributed by atoms with Crippen LogP contribution in [0.25, 0.3) is 0 Å². The first-order valence-corrected chi connectivity index (χ1v) is 7.32. The van der Waals surface area contributed by atoms with Gasteiger partial charge in [0, 0.05) is 13.1 Å². The highest BCUT2D eigenvalue weighted by Crippen LogP contribution is 2.48. The predicted octanol–water partition coefficient (Wildman–Crippen LogP) is 1.98. The summed E-state index contributed by atoms with van der Waals surface area (Å²) in [5.74, 6) is 0.0592. The van der Waals surface area contributed by atoms with Gasteiger partial charge < -0.3 is 19.7 Å². The van der Waals surface area contributed by atoms with Crippen LogP contribution in [-0.4, -0.2) is 35.1 Å². The molecule has 1 saturated heterocycles. The predicted molar refractivity (Wildman–Crippen MR) is 74.7 cm³/mol. The number of carbonyl (C=O) groups excluding carboxylic acids is 1. The number of likely N-dealkylation sites (tertiary alicyclic amines) is 1. The van der Waals surface area contributed by atoms with Gasteiger partial charge >= 0.3 is 12.0 Å². The second-order valence-electron chi connectivity index (χ2n) is 6.12. The second kappa shape index (κ2) is 5.09. The molecule has 0 radical (unpaired) electrons. The Morgan fingerprint density at radius 3 is 3.00 bits per heavy atom. The van der Waals surface area contributed by atoms with E-state index in [9.17, 15) is 14.7 Å². The Labute approximate surface area is 123 Å². The first-order chi connectivity index (χ1) is 10.0. The third kappa shape index (κ3) is 2.28. The monoisotopic (exact) mass is 292 g/mol. The van der Waals surface area contributed by atoms with Gasteiger partial charge in [-0.2, -0.15) is 0 Å². The summed E-state index contributed by atoms with van der Waals surface area (Å²) >= 11 is 0. The molecule has 0 spiro atoms. The van der Waals surface area contributed by atoms with Gasteiger partial charge in [0.05, 0.1) is 18.2 Å². The number of carboxylic acids is 1. The van der Waals surface area contributed by atoms with Crippen LogP contribution in [-0.2, 0) is 11.3 Å². The number of rotatable bonds is 3. The number of nitrogens with zero attached hydrogens (tertiary/aromatic N) is 1. The van der Waals surface area contributed by atoms with E-state index in [0.717, 1.165) is 24.2 Å². The molecule has 114 valence electrons. The zero-order chi connectivity index (χ0) is 15.0. The molecule has 1 saturated carbocycles. The lowest BCUT2D eigenvalue weighted by molar-refractivity contribution is -0.149. The number of carbonyl (C=O) groups is 2. The first-order valence-electron chi connectivity index (χ1n) is 7.32. The summed E-state index contributed by atoms with van der Waals surface area (Å²) in [6.07, 6.45) is 4.11. The average molecular weight is 292 g/mol. The molecule has 2 heterocycles. The molecule has 21 heavy (non-hydrogen) atoms. The minimum absolute atomic E-state index is 0.0890. The highest BCUT2D eigenvalue weighted by Gasteiger charge is 2.55. The highest BCUT2D eigenvalue weighted by atomic mass is 16.4. The van der Waals surface area contributed by atoms with Crippen LogP contribution in [0.1, 0.15) is 30.6 Å². The minimum atomic E-state index is -0.762. The summed E-state index contributed by atoms with van der Waals surface area (Å²) in [6.45, 7) is 3.11. The Morgan fingerprint density at radius 2 is 2.38 bits per heavy atom. The van der Waals surface area contributed by atoms with Crippen LogP contribution in [0.15, 0.2) is 16.7 Å². The van der Waals surface area contributed by atoms with E-state index in [0.29, 0.717) is 26.1 Å². The molecule has 6 nitrogen and oxygen atoms in total. The number of urea groups is 1. The normalized spacial score (nSPS) is 27.7. The van der Waals surface area contributed by atoms with Crippen LogP contribution in [0.3, 0.4) is 0 Å². The van der Waals surface area contributed by atoms with Crippen LogP contribution >= 0.6 is 0 Å². The number of carboxylic acid groups (broad SMARTS) is 1. The van der Waals surface area contributed by atoms with Gasteiger partial charge in [0.2, 0.25) is 0 Å². The lowest BCUT2D eigenvalue weighted by Gasteiger charge is -2.23. The van der Waals surface area contributed by atoms with E-state index in [1.165, 1.54) is 0 Å². The van der Waals surface area contributed by atoms with Crippen molar-refractivity contribution in [1.82, 2.24) is 10.2 Å². The van der Waals surface area contributed by atoms with Crippen molar-refractivity contribution >= 4 is 12.0 Å². The van der Waals surface area contributed by atoms with E-state index in [1.807, 2.05) is 13.0 Å². The number of aryl methyl sites for hydroxylation is 1. The molecule has 2 atom stereocenters. The molecule has 2 N–H and O–H groups in total. The van der Waals surface area contributed by atoms with E-state index in [1.54, 1.807) is 11.2 Å². The number of fused-ring (bicyclic) bond motifs is 1. The third-order valence-electron chi connectivity index (χ3n) is 4.95. The van der Waals surface area contributed by atoms with Crippen LogP contribution in [0, 0.1) is 18.3 Å². The number of amides is 2. The quantitative estimate of drug-likeness (QED) is 0.892. The van der Waals surface area contributed by atoms with Crippen molar-refractivity contribution in [2.75, 3.05) is 13.1 Å². The molecule has 1 aliphatic heterocycles. The topological polar surface area (TPSA) is 82.8 Å². The van der Waals surface area contributed by atoms with Crippen LogP contribution in [0.4, 0.5) is 4.79 Å². The molecule has 1 aliphatic carbocycles. The maximum atomic E-state index is 12.2. The van der Waals surface area contributed by atoms with Crippen molar-refractivity contribution < 1.29 is 19.1 Å². The van der Waals surface area contributed by atoms with Gasteiger partial charge in [-0.05, 0) is 37.3 Å². The largest absolute Gasteiger partial charge is 0.481 e. The van der Waals surface area contributed by atoms with E-state index >= 15 is 0 Å². The number of furan rings is 1. The zero-order valence-electron chi connectivity index (χ0n) is 12.1. The van der Waals surface area contributed by atoms with Crippen molar-refractivity contribution in [2.45, 2.75) is 32.7 Å². The number of hydrogen-bond acceptors (Lipinski definition) is 3. The number of aliphatic carboxylic acids is 1. The highest BCUT2D eigenvalue weighted by molar-refractivity contribution is 5.80. The van der Waals surface area contributed by atoms with Gasteiger partial charge in [0.1, 0.15) is 5.76 Å². The molecule has 6 heteroatoms. The Morgan fingerprint density at radius 1 is 1.57 bits per heavy atom. The van der Waals surface area contributed by atoms with Gasteiger partial charge in [-0.25, -0.2) is 4.79 Å². The van der Waals surface area contributed by atoms with Gasteiger partial charge in [-0.1, -0.05) is 6.42 Å². The Balaban J connectivity index is 1.62. The van der Waals surface area contributed by atoms with Crippen molar-refractivity contribution in [3.8, 4) is 0 Å². The molecule has 0 aromatic carbocycles.